The molecule has 35 heavy (non-hydrogen) atoms. The average Bonchev–Trinajstić information content (AvgIpc) is 2.81. The van der Waals surface area contributed by atoms with Crippen LogP contribution in [0.25, 0.3) is 0 Å². The predicted octanol–water partition coefficient (Wildman–Crippen LogP) is 0.675. The first-order valence-corrected chi connectivity index (χ1v) is 10.8. The number of benzene rings is 2. The fourth-order valence-corrected chi connectivity index (χ4v) is 3.51. The molecule has 11 nitrogen and oxygen atoms in total. The van der Waals surface area contributed by atoms with E-state index in [1.165, 1.54) is 23.6 Å². The molecule has 0 saturated carbocycles. The molecule has 0 bridgehead atoms. The lowest BCUT2D eigenvalue weighted by Crippen LogP contribution is -2.42. The summed E-state index contributed by atoms with van der Waals surface area (Å²) in [5, 5.41) is 5.20. The quantitative estimate of drug-likeness (QED) is 0.351. The maximum Gasteiger partial charge on any atom is 0.330 e. The first kappa shape index (κ1) is 25.1. The molecule has 0 saturated heterocycles. The number of likely N-dealkylation sites (N-methyl/N-ethyl adjacent to an activating group) is 1. The fraction of sp³-hybridized carbons (Fsp3) is 0.250. The van der Waals surface area contributed by atoms with Crippen LogP contribution in [-0.2, 0) is 16.1 Å². The van der Waals surface area contributed by atoms with Gasteiger partial charge in [-0.15, -0.1) is 0 Å². The third-order valence-corrected chi connectivity index (χ3v) is 5.24. The van der Waals surface area contributed by atoms with E-state index in [0.29, 0.717) is 11.4 Å². The maximum absolute atomic E-state index is 12.4. The summed E-state index contributed by atoms with van der Waals surface area (Å²) in [6.45, 7) is 1.47. The number of amides is 2. The van der Waals surface area contributed by atoms with Gasteiger partial charge in [0.15, 0.2) is 0 Å². The van der Waals surface area contributed by atoms with Crippen LogP contribution in [0.15, 0.2) is 58.1 Å². The fourth-order valence-electron chi connectivity index (χ4n) is 3.51. The molecular weight excluding hydrogens is 452 g/mol. The van der Waals surface area contributed by atoms with Crippen LogP contribution in [0.2, 0.25) is 0 Å². The minimum Gasteiger partial charge on any atom is -0.495 e. The smallest absolute Gasteiger partial charge is 0.330 e. The molecule has 0 unspecified atom stereocenters. The average molecular weight is 481 g/mol. The Hall–Kier alpha value is -4.54. The van der Waals surface area contributed by atoms with Crippen molar-refractivity contribution in [3.63, 3.8) is 0 Å². The van der Waals surface area contributed by atoms with E-state index in [-0.39, 0.29) is 31.1 Å². The van der Waals surface area contributed by atoms with Gasteiger partial charge in [0.05, 0.1) is 32.4 Å². The summed E-state index contributed by atoms with van der Waals surface area (Å²) in [4.78, 5) is 53.1. The van der Waals surface area contributed by atoms with E-state index >= 15 is 0 Å². The highest BCUT2D eigenvalue weighted by molar-refractivity contribution is 5.96. The minimum atomic E-state index is -0.712. The number of methoxy groups -OCH3 is 1. The molecular formula is C24H28N6O5. The van der Waals surface area contributed by atoms with Crippen LogP contribution in [-0.4, -0.2) is 48.6 Å². The van der Waals surface area contributed by atoms with Crippen LogP contribution in [0, 0.1) is 6.92 Å². The van der Waals surface area contributed by atoms with Gasteiger partial charge in [-0.25, -0.2) is 4.79 Å². The molecule has 1 aromatic heterocycles. The number of H-pyrrole nitrogens is 1. The molecule has 0 aliphatic rings. The summed E-state index contributed by atoms with van der Waals surface area (Å²) in [5.41, 5.74) is 7.00. The summed E-state index contributed by atoms with van der Waals surface area (Å²) in [6.07, 6.45) is 0. The Morgan fingerprint density at radius 2 is 1.83 bits per heavy atom. The number of hydrogen-bond donors (Lipinski definition) is 4. The highest BCUT2D eigenvalue weighted by atomic mass is 16.5. The number of hydrogen-bond acceptors (Lipinski definition) is 7. The second-order valence-corrected chi connectivity index (χ2v) is 7.95. The highest BCUT2D eigenvalue weighted by Crippen LogP contribution is 2.25. The third kappa shape index (κ3) is 6.28. The summed E-state index contributed by atoms with van der Waals surface area (Å²) in [7, 11) is 2.99. The first-order chi connectivity index (χ1) is 16.7. The maximum atomic E-state index is 12.4. The van der Waals surface area contributed by atoms with Crippen molar-refractivity contribution in [2.75, 3.05) is 43.2 Å². The Morgan fingerprint density at radius 3 is 2.51 bits per heavy atom. The molecule has 3 aromatic rings. The van der Waals surface area contributed by atoms with Crippen molar-refractivity contribution in [2.24, 2.45) is 0 Å². The normalized spacial score (nSPS) is 10.5. The van der Waals surface area contributed by atoms with E-state index in [1.54, 1.807) is 12.1 Å². The Labute approximate surface area is 201 Å². The third-order valence-electron chi connectivity index (χ3n) is 5.24. The highest BCUT2D eigenvalue weighted by Gasteiger charge is 2.19. The molecule has 0 aliphatic heterocycles. The molecule has 0 aliphatic carbocycles. The number of nitrogens with zero attached hydrogens (tertiary/aromatic N) is 2. The summed E-state index contributed by atoms with van der Waals surface area (Å²) in [5.74, 6) is -0.533. The van der Waals surface area contributed by atoms with Gasteiger partial charge in [0, 0.05) is 7.05 Å². The van der Waals surface area contributed by atoms with Gasteiger partial charge in [0.2, 0.25) is 11.8 Å². The van der Waals surface area contributed by atoms with Crippen LogP contribution in [0.5, 0.6) is 5.75 Å². The number of rotatable bonds is 9. The van der Waals surface area contributed by atoms with Gasteiger partial charge < -0.3 is 26.0 Å². The van der Waals surface area contributed by atoms with Crippen LogP contribution < -0.4 is 37.3 Å². The lowest BCUT2D eigenvalue weighted by molar-refractivity contribution is -0.123. The van der Waals surface area contributed by atoms with Crippen molar-refractivity contribution in [3.05, 3.63) is 80.5 Å². The monoisotopic (exact) mass is 480 g/mol. The zero-order valence-electron chi connectivity index (χ0n) is 19.8. The molecule has 2 aromatic carbocycles. The predicted molar refractivity (Wildman–Crippen MR) is 134 cm³/mol. The SMILES string of the molecule is COc1ccc(C)cc1NC(=O)CNC(=O)CN(C)c1c(N)n(Cc2ccccc2)c(=O)[nH]c1=O. The van der Waals surface area contributed by atoms with Gasteiger partial charge in [0.1, 0.15) is 17.3 Å². The molecule has 5 N–H and O–H groups in total. The Bertz CT molecular complexity index is 1330. The molecule has 3 rings (SSSR count). The van der Waals surface area contributed by atoms with Gasteiger partial charge in [0.25, 0.3) is 5.56 Å². The van der Waals surface area contributed by atoms with Gasteiger partial charge in [-0.3, -0.25) is 23.9 Å². The van der Waals surface area contributed by atoms with Crippen LogP contribution in [0.4, 0.5) is 17.2 Å². The number of nitrogens with two attached hydrogens (primary N) is 1. The lowest BCUT2D eigenvalue weighted by atomic mass is 10.2. The van der Waals surface area contributed by atoms with Crippen molar-refractivity contribution in [3.8, 4) is 5.75 Å². The van der Waals surface area contributed by atoms with E-state index in [9.17, 15) is 19.2 Å². The number of nitrogens with one attached hydrogen (secondary N) is 3. The first-order valence-electron chi connectivity index (χ1n) is 10.8. The Balaban J connectivity index is 1.66. The van der Waals surface area contributed by atoms with E-state index in [0.717, 1.165) is 11.1 Å². The number of aryl methyl sites for hydroxylation is 1. The van der Waals surface area contributed by atoms with Crippen molar-refractivity contribution < 1.29 is 14.3 Å². The van der Waals surface area contributed by atoms with Crippen LogP contribution >= 0.6 is 0 Å². The zero-order valence-corrected chi connectivity index (χ0v) is 19.8. The molecule has 0 spiro atoms. The second kappa shape index (κ2) is 11.1. The number of ether oxygens (including phenoxy) is 1. The van der Waals surface area contributed by atoms with Crippen molar-refractivity contribution in [1.82, 2.24) is 14.9 Å². The van der Waals surface area contributed by atoms with Crippen molar-refractivity contribution >= 4 is 29.0 Å². The largest absolute Gasteiger partial charge is 0.495 e. The molecule has 0 radical (unpaired) electrons. The molecule has 2 amide bonds. The van der Waals surface area contributed by atoms with Crippen molar-refractivity contribution in [2.45, 2.75) is 13.5 Å². The number of nitrogen functional groups attached to an aromatic ring is 1. The van der Waals surface area contributed by atoms with E-state index < -0.39 is 23.1 Å². The van der Waals surface area contributed by atoms with Gasteiger partial charge >= 0.3 is 5.69 Å². The number of anilines is 3. The van der Waals surface area contributed by atoms with Crippen LogP contribution in [0.3, 0.4) is 0 Å². The number of carbonyl (C=O) groups excluding carboxylic acids is 2. The number of aromatic amines is 1. The summed E-state index contributed by atoms with van der Waals surface area (Å²) < 4.78 is 6.45. The Morgan fingerprint density at radius 1 is 1.11 bits per heavy atom. The Kier molecular flexibility index (Phi) is 7.92. The summed E-state index contributed by atoms with van der Waals surface area (Å²) in [6, 6.07) is 14.5. The molecule has 0 atom stereocenters. The minimum absolute atomic E-state index is 0.0235. The standard InChI is InChI=1S/C24H28N6O5/c1-15-9-10-18(35-3)17(11-15)27-19(31)12-26-20(32)14-29(2)21-22(25)30(24(34)28-23(21)33)13-16-7-5-4-6-8-16/h4-11H,12-14,25H2,1-3H3,(H,26,32)(H,27,31)(H,28,33,34). The van der Waals surface area contributed by atoms with Gasteiger partial charge in [-0.2, -0.15) is 0 Å². The number of aromatic nitrogens is 2. The molecule has 11 heteroatoms. The van der Waals surface area contributed by atoms with E-state index in [1.807, 2.05) is 43.3 Å². The molecule has 0 fully saturated rings. The van der Waals surface area contributed by atoms with Gasteiger partial charge in [-0.05, 0) is 30.2 Å². The van der Waals surface area contributed by atoms with Gasteiger partial charge in [-0.1, -0.05) is 36.4 Å². The van der Waals surface area contributed by atoms with Crippen LogP contribution in [0.1, 0.15) is 11.1 Å². The molecule has 1 heterocycles. The van der Waals surface area contributed by atoms with E-state index in [4.69, 9.17) is 10.5 Å². The molecule has 184 valence electrons. The second-order valence-electron chi connectivity index (χ2n) is 7.95. The lowest BCUT2D eigenvalue weighted by Gasteiger charge is -2.21. The van der Waals surface area contributed by atoms with Crippen molar-refractivity contribution in [1.29, 1.82) is 0 Å². The number of carbonyl (C=O) groups is 2. The summed E-state index contributed by atoms with van der Waals surface area (Å²) >= 11 is 0. The zero-order chi connectivity index (χ0) is 25.5. The topological polar surface area (TPSA) is 152 Å². The van der Waals surface area contributed by atoms with E-state index in [2.05, 4.69) is 15.6 Å².